The van der Waals surface area contributed by atoms with Gasteiger partial charge in [-0.15, -0.1) is 0 Å². The Morgan fingerprint density at radius 3 is 2.30 bits per heavy atom. The molecule has 2 saturated carbocycles. The van der Waals surface area contributed by atoms with Crippen molar-refractivity contribution in [2.45, 2.75) is 76.4 Å². The Hall–Kier alpha value is -2.73. The van der Waals surface area contributed by atoms with Crippen molar-refractivity contribution in [3.05, 3.63) is 65.5 Å². The van der Waals surface area contributed by atoms with E-state index in [1.807, 2.05) is 29.2 Å². The van der Waals surface area contributed by atoms with Crippen LogP contribution in [0.4, 0.5) is 10.1 Å². The molecule has 0 aliphatic heterocycles. The summed E-state index contributed by atoms with van der Waals surface area (Å²) in [5.41, 5.74) is 8.20. The smallest absolute Gasteiger partial charge is 0.254 e. The van der Waals surface area contributed by atoms with E-state index >= 15 is 0 Å². The van der Waals surface area contributed by atoms with Crippen LogP contribution >= 0.6 is 0 Å². The fourth-order valence-electron chi connectivity index (χ4n) is 5.07. The van der Waals surface area contributed by atoms with Crippen LogP contribution in [0.2, 0.25) is 0 Å². The summed E-state index contributed by atoms with van der Waals surface area (Å²) >= 11 is 0. The predicted octanol–water partition coefficient (Wildman–Crippen LogP) is 5.26. The first-order valence-corrected chi connectivity index (χ1v) is 12.2. The minimum atomic E-state index is -0.412. The number of rotatable bonds is 6. The summed E-state index contributed by atoms with van der Waals surface area (Å²) in [6.45, 7) is 0.437. The van der Waals surface area contributed by atoms with E-state index < -0.39 is 5.82 Å². The van der Waals surface area contributed by atoms with Crippen molar-refractivity contribution in [2.24, 2.45) is 11.7 Å². The van der Waals surface area contributed by atoms with E-state index in [4.69, 9.17) is 5.73 Å². The minimum absolute atomic E-state index is 0.0752. The molecule has 33 heavy (non-hydrogen) atoms. The van der Waals surface area contributed by atoms with Crippen LogP contribution in [0.25, 0.3) is 0 Å². The van der Waals surface area contributed by atoms with Crippen LogP contribution in [-0.2, 0) is 11.3 Å². The van der Waals surface area contributed by atoms with Gasteiger partial charge in [-0.3, -0.25) is 9.59 Å². The lowest BCUT2D eigenvalue weighted by molar-refractivity contribution is -0.120. The number of hydrogen-bond acceptors (Lipinski definition) is 3. The zero-order chi connectivity index (χ0) is 23.2. The lowest BCUT2D eigenvalue weighted by Crippen LogP contribution is -2.43. The zero-order valence-electron chi connectivity index (χ0n) is 19.1. The van der Waals surface area contributed by atoms with Gasteiger partial charge in [-0.05, 0) is 74.4 Å². The highest BCUT2D eigenvalue weighted by Crippen LogP contribution is 2.27. The van der Waals surface area contributed by atoms with E-state index in [2.05, 4.69) is 5.32 Å². The second-order valence-corrected chi connectivity index (χ2v) is 9.53. The largest absolute Gasteiger partial charge is 0.331 e. The van der Waals surface area contributed by atoms with E-state index in [0.29, 0.717) is 12.1 Å². The van der Waals surface area contributed by atoms with Crippen molar-refractivity contribution in [3.8, 4) is 0 Å². The van der Waals surface area contributed by atoms with Gasteiger partial charge >= 0.3 is 0 Å². The Bertz CT molecular complexity index is 948. The van der Waals surface area contributed by atoms with Gasteiger partial charge in [-0.2, -0.15) is 0 Å². The number of nitrogens with zero attached hydrogens (tertiary/aromatic N) is 1. The Morgan fingerprint density at radius 1 is 0.939 bits per heavy atom. The summed E-state index contributed by atoms with van der Waals surface area (Å²) < 4.78 is 13.8. The van der Waals surface area contributed by atoms with Gasteiger partial charge in [-0.25, -0.2) is 4.39 Å². The average molecular weight is 452 g/mol. The molecule has 0 saturated heterocycles. The van der Waals surface area contributed by atoms with Crippen molar-refractivity contribution >= 4 is 17.5 Å². The Labute approximate surface area is 195 Å². The fraction of sp³-hybridized carbons (Fsp3) is 0.481. The van der Waals surface area contributed by atoms with Crippen molar-refractivity contribution in [1.29, 1.82) is 0 Å². The second-order valence-electron chi connectivity index (χ2n) is 9.53. The molecule has 2 amide bonds. The number of carbonyl (C=O) groups is 2. The standard InChI is InChI=1S/C27H34FN3O2/c28-22-8-4-7-21(17-22)27(33)31(25-15-11-23(29)12-16-25)18-19-9-13-24(14-10-19)30-26(32)20-5-2-1-3-6-20/h4,7-10,13-14,17,20,23,25H,1-3,5-6,11-12,15-16,18,29H2,(H,30,32). The first-order chi connectivity index (χ1) is 16.0. The van der Waals surface area contributed by atoms with Gasteiger partial charge in [0.2, 0.25) is 5.91 Å². The lowest BCUT2D eigenvalue weighted by atomic mass is 9.88. The lowest BCUT2D eigenvalue weighted by Gasteiger charge is -2.36. The van der Waals surface area contributed by atoms with Crippen LogP contribution in [0.15, 0.2) is 48.5 Å². The number of carbonyl (C=O) groups excluding carboxylic acids is 2. The van der Waals surface area contributed by atoms with Gasteiger partial charge in [0.15, 0.2) is 0 Å². The van der Waals surface area contributed by atoms with Crippen LogP contribution in [0.1, 0.15) is 73.7 Å². The Morgan fingerprint density at radius 2 is 1.64 bits per heavy atom. The van der Waals surface area contributed by atoms with Gasteiger partial charge < -0.3 is 16.0 Å². The topological polar surface area (TPSA) is 75.4 Å². The second kappa shape index (κ2) is 10.9. The van der Waals surface area contributed by atoms with Crippen LogP contribution < -0.4 is 11.1 Å². The van der Waals surface area contributed by atoms with Crippen LogP contribution in [0, 0.1) is 11.7 Å². The van der Waals surface area contributed by atoms with Crippen LogP contribution in [-0.4, -0.2) is 28.8 Å². The molecule has 2 aliphatic carbocycles. The van der Waals surface area contributed by atoms with E-state index in [9.17, 15) is 14.0 Å². The molecule has 4 rings (SSSR count). The van der Waals surface area contributed by atoms with Gasteiger partial charge in [0.05, 0.1) is 0 Å². The molecule has 0 atom stereocenters. The van der Waals surface area contributed by atoms with Crippen molar-refractivity contribution in [3.63, 3.8) is 0 Å². The third-order valence-corrected chi connectivity index (χ3v) is 7.06. The summed E-state index contributed by atoms with van der Waals surface area (Å²) in [5, 5.41) is 3.04. The highest BCUT2D eigenvalue weighted by molar-refractivity contribution is 5.94. The Kier molecular flexibility index (Phi) is 7.76. The van der Waals surface area contributed by atoms with Gasteiger partial charge in [0.25, 0.3) is 5.91 Å². The van der Waals surface area contributed by atoms with Crippen molar-refractivity contribution < 1.29 is 14.0 Å². The molecule has 0 aromatic heterocycles. The number of halogens is 1. The van der Waals surface area contributed by atoms with Gasteiger partial charge in [-0.1, -0.05) is 37.5 Å². The van der Waals surface area contributed by atoms with E-state index in [-0.39, 0.29) is 29.8 Å². The van der Waals surface area contributed by atoms with Gasteiger partial charge in [0, 0.05) is 35.8 Å². The molecule has 0 heterocycles. The molecule has 0 bridgehead atoms. The normalized spacial score (nSPS) is 21.4. The predicted molar refractivity (Wildman–Crippen MR) is 128 cm³/mol. The first kappa shape index (κ1) is 23.4. The van der Waals surface area contributed by atoms with Crippen molar-refractivity contribution in [1.82, 2.24) is 4.90 Å². The Balaban J connectivity index is 1.46. The molecule has 0 spiro atoms. The zero-order valence-corrected chi connectivity index (χ0v) is 19.1. The number of hydrogen-bond donors (Lipinski definition) is 2. The maximum atomic E-state index is 13.8. The van der Waals surface area contributed by atoms with Crippen LogP contribution in [0.3, 0.4) is 0 Å². The quantitative estimate of drug-likeness (QED) is 0.629. The maximum absolute atomic E-state index is 13.8. The molecule has 176 valence electrons. The highest BCUT2D eigenvalue weighted by Gasteiger charge is 2.29. The summed E-state index contributed by atoms with van der Waals surface area (Å²) in [7, 11) is 0. The molecule has 2 aliphatic rings. The number of nitrogens with two attached hydrogens (primary N) is 1. The highest BCUT2D eigenvalue weighted by atomic mass is 19.1. The molecule has 6 heteroatoms. The SMILES string of the molecule is NC1CCC(N(Cc2ccc(NC(=O)C3CCCCC3)cc2)C(=O)c2cccc(F)c2)CC1. The number of amides is 2. The summed E-state index contributed by atoms with van der Waals surface area (Å²) in [6, 6.07) is 13.8. The monoisotopic (exact) mass is 451 g/mol. The molecule has 2 aromatic rings. The third-order valence-electron chi connectivity index (χ3n) is 7.06. The first-order valence-electron chi connectivity index (χ1n) is 12.2. The fourth-order valence-corrected chi connectivity index (χ4v) is 5.07. The molecular formula is C27H34FN3O2. The number of anilines is 1. The van der Waals surface area contributed by atoms with E-state index in [1.165, 1.54) is 18.6 Å². The van der Waals surface area contributed by atoms with Crippen LogP contribution in [0.5, 0.6) is 0 Å². The molecule has 5 nitrogen and oxygen atoms in total. The number of nitrogens with one attached hydrogen (secondary N) is 1. The summed E-state index contributed by atoms with van der Waals surface area (Å²) in [6.07, 6.45) is 8.84. The van der Waals surface area contributed by atoms with E-state index in [0.717, 1.165) is 62.6 Å². The summed E-state index contributed by atoms with van der Waals surface area (Å²) in [4.78, 5) is 27.7. The maximum Gasteiger partial charge on any atom is 0.254 e. The average Bonchev–Trinajstić information content (AvgIpc) is 2.84. The molecular weight excluding hydrogens is 417 g/mol. The van der Waals surface area contributed by atoms with Crippen molar-refractivity contribution in [2.75, 3.05) is 5.32 Å². The summed E-state index contributed by atoms with van der Waals surface area (Å²) in [5.74, 6) is -0.367. The minimum Gasteiger partial charge on any atom is -0.331 e. The third kappa shape index (κ3) is 6.20. The van der Waals surface area contributed by atoms with E-state index in [1.54, 1.807) is 12.1 Å². The van der Waals surface area contributed by atoms with Gasteiger partial charge in [0.1, 0.15) is 5.82 Å². The molecule has 3 N–H and O–H groups in total. The molecule has 2 fully saturated rings. The molecule has 0 unspecified atom stereocenters. The molecule has 2 aromatic carbocycles. The molecule has 0 radical (unpaired) electrons. The number of benzene rings is 2.